The number of hydrogen-bond acceptors (Lipinski definition) is 2. The van der Waals surface area contributed by atoms with Gasteiger partial charge in [0.1, 0.15) is 5.82 Å². The highest BCUT2D eigenvalue weighted by Gasteiger charge is 2.27. The van der Waals surface area contributed by atoms with E-state index in [-0.39, 0.29) is 5.02 Å². The fourth-order valence-electron chi connectivity index (χ4n) is 1.63. The van der Waals surface area contributed by atoms with Crippen molar-refractivity contribution < 1.29 is 4.39 Å². The van der Waals surface area contributed by atoms with Crippen molar-refractivity contribution in [3.8, 4) is 0 Å². The van der Waals surface area contributed by atoms with E-state index >= 15 is 0 Å². The predicted molar refractivity (Wildman–Crippen MR) is 68.2 cm³/mol. The quantitative estimate of drug-likeness (QED) is 0.875. The molecule has 1 saturated heterocycles. The van der Waals surface area contributed by atoms with Gasteiger partial charge in [0.15, 0.2) is 5.17 Å². The number of anilines is 1. The molecule has 0 spiro atoms. The Labute approximate surface area is 103 Å². The van der Waals surface area contributed by atoms with Crippen molar-refractivity contribution in [3.05, 3.63) is 29.0 Å². The van der Waals surface area contributed by atoms with Crippen LogP contribution >= 0.6 is 23.4 Å². The van der Waals surface area contributed by atoms with Crippen molar-refractivity contribution in [1.82, 2.24) is 0 Å². The van der Waals surface area contributed by atoms with Crippen LogP contribution in [0, 0.1) is 11.2 Å². The highest BCUT2D eigenvalue weighted by Crippen LogP contribution is 2.32. The van der Waals surface area contributed by atoms with E-state index in [1.165, 1.54) is 6.07 Å². The molecule has 0 aromatic heterocycles. The van der Waals surface area contributed by atoms with Crippen LogP contribution in [0.1, 0.15) is 13.3 Å². The van der Waals surface area contributed by atoms with Crippen LogP contribution in [0.3, 0.4) is 0 Å². The summed E-state index contributed by atoms with van der Waals surface area (Å²) in [5, 5.41) is 8.91. The van der Waals surface area contributed by atoms with Crippen LogP contribution < -0.4 is 4.90 Å². The molecule has 0 saturated carbocycles. The summed E-state index contributed by atoms with van der Waals surface area (Å²) in [5.41, 5.74) is 0.792. The number of amidine groups is 1. The summed E-state index contributed by atoms with van der Waals surface area (Å²) in [6.45, 7) is 2.90. The third kappa shape index (κ3) is 2.18. The smallest absolute Gasteiger partial charge is 0.161 e. The summed E-state index contributed by atoms with van der Waals surface area (Å²) in [4.78, 5) is 1.87. The van der Waals surface area contributed by atoms with Crippen molar-refractivity contribution in [3.63, 3.8) is 0 Å². The van der Waals surface area contributed by atoms with Gasteiger partial charge in [-0.3, -0.25) is 5.41 Å². The third-order valence-electron chi connectivity index (χ3n) is 2.58. The molecule has 1 aliphatic heterocycles. The minimum absolute atomic E-state index is 0.107. The third-order valence-corrected chi connectivity index (χ3v) is 4.13. The Morgan fingerprint density at radius 1 is 1.62 bits per heavy atom. The summed E-state index contributed by atoms with van der Waals surface area (Å²) < 4.78 is 13.0. The molecule has 1 unspecified atom stereocenters. The highest BCUT2D eigenvalue weighted by molar-refractivity contribution is 8.15. The van der Waals surface area contributed by atoms with Gasteiger partial charge >= 0.3 is 0 Å². The van der Waals surface area contributed by atoms with Crippen molar-refractivity contribution >= 4 is 34.2 Å². The SMILES string of the molecule is CCC1CN(c2ccc(F)c(Cl)c2)C(=N)S1. The summed E-state index contributed by atoms with van der Waals surface area (Å²) >= 11 is 7.28. The molecule has 1 aromatic rings. The summed E-state index contributed by atoms with van der Waals surface area (Å²) in [6.07, 6.45) is 1.03. The first kappa shape index (κ1) is 11.7. The Bertz CT molecular complexity index is 424. The number of benzene rings is 1. The Morgan fingerprint density at radius 2 is 2.38 bits per heavy atom. The van der Waals surface area contributed by atoms with Gasteiger partial charge in [0.2, 0.25) is 0 Å². The maximum absolute atomic E-state index is 13.0. The van der Waals surface area contributed by atoms with Crippen molar-refractivity contribution in [2.75, 3.05) is 11.4 Å². The van der Waals surface area contributed by atoms with Gasteiger partial charge < -0.3 is 4.90 Å². The largest absolute Gasteiger partial charge is 0.320 e. The highest BCUT2D eigenvalue weighted by atomic mass is 35.5. The second kappa shape index (κ2) is 4.63. The average Bonchev–Trinajstić information content (AvgIpc) is 2.64. The fourth-order valence-corrected chi connectivity index (χ4v) is 2.82. The van der Waals surface area contributed by atoms with Gasteiger partial charge in [-0.25, -0.2) is 4.39 Å². The van der Waals surface area contributed by atoms with Crippen LogP contribution in [0.5, 0.6) is 0 Å². The first-order valence-corrected chi connectivity index (χ1v) is 6.35. The zero-order chi connectivity index (χ0) is 11.7. The Balaban J connectivity index is 2.24. The normalized spacial score (nSPS) is 20.6. The topological polar surface area (TPSA) is 27.1 Å². The molecule has 0 amide bonds. The number of hydrogen-bond donors (Lipinski definition) is 1. The second-order valence-corrected chi connectivity index (χ2v) is 5.36. The molecular formula is C11H12ClFN2S. The Kier molecular flexibility index (Phi) is 3.40. The minimum atomic E-state index is -0.421. The molecule has 1 heterocycles. The van der Waals surface area contributed by atoms with Crippen LogP contribution in [0.25, 0.3) is 0 Å². The molecular weight excluding hydrogens is 247 g/mol. The van der Waals surface area contributed by atoms with Gasteiger partial charge in [-0.15, -0.1) is 0 Å². The van der Waals surface area contributed by atoms with E-state index in [4.69, 9.17) is 17.0 Å². The number of halogens is 2. The van der Waals surface area contributed by atoms with E-state index in [0.29, 0.717) is 10.4 Å². The molecule has 0 aliphatic carbocycles. The van der Waals surface area contributed by atoms with Gasteiger partial charge in [0.25, 0.3) is 0 Å². The van der Waals surface area contributed by atoms with E-state index in [0.717, 1.165) is 18.7 Å². The van der Waals surface area contributed by atoms with Gasteiger partial charge in [-0.1, -0.05) is 30.3 Å². The number of rotatable bonds is 2. The Hall–Kier alpha value is -0.740. The average molecular weight is 259 g/mol. The van der Waals surface area contributed by atoms with Gasteiger partial charge in [-0.2, -0.15) is 0 Å². The zero-order valence-corrected chi connectivity index (χ0v) is 10.4. The molecule has 1 N–H and O–H groups in total. The number of nitrogens with one attached hydrogen (secondary N) is 1. The molecule has 86 valence electrons. The molecule has 0 radical (unpaired) electrons. The first-order chi connectivity index (χ1) is 7.61. The van der Waals surface area contributed by atoms with Gasteiger partial charge in [0.05, 0.1) is 5.02 Å². The van der Waals surface area contributed by atoms with E-state index in [1.54, 1.807) is 23.9 Å². The first-order valence-electron chi connectivity index (χ1n) is 5.09. The summed E-state index contributed by atoms with van der Waals surface area (Å²) in [5.74, 6) is -0.421. The molecule has 1 atom stereocenters. The molecule has 5 heteroatoms. The molecule has 1 aliphatic rings. The minimum Gasteiger partial charge on any atom is -0.320 e. The lowest BCUT2D eigenvalue weighted by Gasteiger charge is -2.17. The van der Waals surface area contributed by atoms with Crippen LogP contribution in [0.4, 0.5) is 10.1 Å². The van der Waals surface area contributed by atoms with Crippen molar-refractivity contribution in [2.45, 2.75) is 18.6 Å². The zero-order valence-electron chi connectivity index (χ0n) is 8.84. The summed E-state index contributed by atoms with van der Waals surface area (Å²) in [7, 11) is 0. The lowest BCUT2D eigenvalue weighted by Crippen LogP contribution is -2.24. The molecule has 1 fully saturated rings. The summed E-state index contributed by atoms with van der Waals surface area (Å²) in [6, 6.07) is 4.58. The van der Waals surface area contributed by atoms with Crippen LogP contribution in [0.2, 0.25) is 5.02 Å². The monoisotopic (exact) mass is 258 g/mol. The van der Waals surface area contributed by atoms with Gasteiger partial charge in [-0.05, 0) is 24.6 Å². The lowest BCUT2D eigenvalue weighted by atomic mass is 10.2. The van der Waals surface area contributed by atoms with Crippen molar-refractivity contribution in [1.29, 1.82) is 5.41 Å². The van der Waals surface area contributed by atoms with Crippen molar-refractivity contribution in [2.24, 2.45) is 0 Å². The van der Waals surface area contributed by atoms with E-state index in [2.05, 4.69) is 6.92 Å². The molecule has 0 bridgehead atoms. The number of nitrogens with zero attached hydrogens (tertiary/aromatic N) is 1. The van der Waals surface area contributed by atoms with E-state index in [9.17, 15) is 4.39 Å². The standard InChI is InChI=1S/C11H12ClFN2S/c1-2-8-6-15(11(14)16-8)7-3-4-10(13)9(12)5-7/h3-5,8,14H,2,6H2,1H3. The lowest BCUT2D eigenvalue weighted by molar-refractivity contribution is 0.628. The predicted octanol–water partition coefficient (Wildman–Crippen LogP) is 3.75. The van der Waals surface area contributed by atoms with E-state index in [1.807, 2.05) is 4.90 Å². The Morgan fingerprint density at radius 3 is 2.94 bits per heavy atom. The van der Waals surface area contributed by atoms with Gasteiger partial charge in [0, 0.05) is 17.5 Å². The fraction of sp³-hybridized carbons (Fsp3) is 0.364. The maximum Gasteiger partial charge on any atom is 0.161 e. The molecule has 2 rings (SSSR count). The number of thioether (sulfide) groups is 1. The second-order valence-electron chi connectivity index (χ2n) is 3.66. The van der Waals surface area contributed by atoms with Crippen LogP contribution in [-0.2, 0) is 0 Å². The molecule has 2 nitrogen and oxygen atoms in total. The van der Waals surface area contributed by atoms with E-state index < -0.39 is 5.82 Å². The van der Waals surface area contributed by atoms with Crippen LogP contribution in [0.15, 0.2) is 18.2 Å². The maximum atomic E-state index is 13.0. The van der Waals surface area contributed by atoms with Crippen LogP contribution in [-0.4, -0.2) is 17.0 Å². The molecule has 1 aromatic carbocycles. The molecule has 16 heavy (non-hydrogen) atoms.